The maximum absolute atomic E-state index is 12.6. The molecular formula is C18H16N4O. The number of carbonyl (C=O) groups is 1. The van der Waals surface area contributed by atoms with Gasteiger partial charge in [-0.1, -0.05) is 60.7 Å². The van der Waals surface area contributed by atoms with Crippen LogP contribution in [0.5, 0.6) is 0 Å². The number of fused-ring (bicyclic) bond motifs is 1. The summed E-state index contributed by atoms with van der Waals surface area (Å²) in [5, 5.41) is 4.38. The molecule has 3 aromatic rings. The molecule has 1 amide bonds. The van der Waals surface area contributed by atoms with Gasteiger partial charge in [0.05, 0.1) is 12.6 Å². The van der Waals surface area contributed by atoms with Crippen LogP contribution in [0.3, 0.4) is 0 Å². The monoisotopic (exact) mass is 304 g/mol. The third-order valence-corrected chi connectivity index (χ3v) is 4.19. The number of carbonyl (C=O) groups excluding carboxylic acids is 1. The van der Waals surface area contributed by atoms with Crippen molar-refractivity contribution >= 4 is 6.03 Å². The second-order valence-electron chi connectivity index (χ2n) is 5.63. The highest BCUT2D eigenvalue weighted by atomic mass is 16.2. The lowest BCUT2D eigenvalue weighted by atomic mass is 10.1. The zero-order chi connectivity index (χ0) is 15.8. The first-order valence-corrected chi connectivity index (χ1v) is 7.61. The molecule has 1 aliphatic rings. The molecule has 23 heavy (non-hydrogen) atoms. The quantitative estimate of drug-likeness (QED) is 0.744. The Morgan fingerprint density at radius 2 is 1.65 bits per heavy atom. The van der Waals surface area contributed by atoms with Gasteiger partial charge in [0.25, 0.3) is 0 Å². The van der Waals surface area contributed by atoms with Crippen LogP contribution in [-0.4, -0.2) is 25.7 Å². The summed E-state index contributed by atoms with van der Waals surface area (Å²) in [5.74, 6) is 1.29. The predicted molar refractivity (Wildman–Crippen MR) is 86.7 cm³/mol. The largest absolute Gasteiger partial charge is 0.347 e. The van der Waals surface area contributed by atoms with E-state index in [9.17, 15) is 4.79 Å². The number of nitrogens with zero attached hydrogens (tertiary/aromatic N) is 4. The number of amides is 1. The minimum atomic E-state index is -0.119. The maximum atomic E-state index is 12.6. The molecule has 0 saturated heterocycles. The van der Waals surface area contributed by atoms with Crippen LogP contribution < -0.4 is 0 Å². The highest BCUT2D eigenvalue weighted by Crippen LogP contribution is 2.28. The minimum Gasteiger partial charge on any atom is -0.308 e. The Kier molecular flexibility index (Phi) is 3.19. The molecule has 4 rings (SSSR count). The Balaban J connectivity index is 1.62. The molecular weight excluding hydrogens is 288 g/mol. The molecule has 2 aromatic carbocycles. The fraction of sp³-hybridized carbons (Fsp3) is 0.167. The summed E-state index contributed by atoms with van der Waals surface area (Å²) in [4.78, 5) is 19.0. The van der Waals surface area contributed by atoms with Crippen molar-refractivity contribution in [3.05, 3.63) is 72.1 Å². The average Bonchev–Trinajstić information content (AvgIpc) is 3.16. The van der Waals surface area contributed by atoms with Gasteiger partial charge in [0.2, 0.25) is 0 Å². The van der Waals surface area contributed by atoms with Crippen LogP contribution in [0.4, 0.5) is 4.79 Å². The van der Waals surface area contributed by atoms with Crippen molar-refractivity contribution < 1.29 is 4.79 Å². The zero-order valence-electron chi connectivity index (χ0n) is 12.8. The summed E-state index contributed by atoms with van der Waals surface area (Å²) in [6.45, 7) is 2.51. The van der Waals surface area contributed by atoms with E-state index in [1.54, 1.807) is 4.90 Å². The third-order valence-electron chi connectivity index (χ3n) is 4.19. The van der Waals surface area contributed by atoms with E-state index in [2.05, 4.69) is 10.1 Å². The molecule has 1 aromatic heterocycles. The molecule has 0 N–H and O–H groups in total. The van der Waals surface area contributed by atoms with Gasteiger partial charge in [-0.25, -0.2) is 9.78 Å². The Morgan fingerprint density at radius 3 is 2.30 bits per heavy atom. The normalized spacial score (nSPS) is 14.8. The topological polar surface area (TPSA) is 51.0 Å². The van der Waals surface area contributed by atoms with Crippen LogP contribution in [0.25, 0.3) is 11.4 Å². The fourth-order valence-corrected chi connectivity index (χ4v) is 2.87. The van der Waals surface area contributed by atoms with E-state index in [1.165, 1.54) is 4.68 Å². The van der Waals surface area contributed by atoms with E-state index in [0.717, 1.165) is 11.1 Å². The summed E-state index contributed by atoms with van der Waals surface area (Å²) in [6.07, 6.45) is 0. The van der Waals surface area contributed by atoms with Crippen molar-refractivity contribution in [2.24, 2.45) is 0 Å². The highest BCUT2D eigenvalue weighted by molar-refractivity contribution is 5.80. The number of aromatic nitrogens is 3. The van der Waals surface area contributed by atoms with Gasteiger partial charge in [-0.2, -0.15) is 4.68 Å². The summed E-state index contributed by atoms with van der Waals surface area (Å²) in [6, 6.07) is 19.6. The van der Waals surface area contributed by atoms with Gasteiger partial charge < -0.3 is 4.90 Å². The van der Waals surface area contributed by atoms with E-state index >= 15 is 0 Å². The van der Waals surface area contributed by atoms with Crippen molar-refractivity contribution in [1.82, 2.24) is 19.7 Å². The summed E-state index contributed by atoms with van der Waals surface area (Å²) >= 11 is 0. The highest BCUT2D eigenvalue weighted by Gasteiger charge is 2.34. The predicted octanol–water partition coefficient (Wildman–Crippen LogP) is 3.49. The Bertz CT molecular complexity index is 842. The van der Waals surface area contributed by atoms with Gasteiger partial charge in [-0.3, -0.25) is 0 Å². The van der Waals surface area contributed by atoms with Crippen LogP contribution in [-0.2, 0) is 6.54 Å². The Morgan fingerprint density at radius 1 is 1.00 bits per heavy atom. The molecule has 1 unspecified atom stereocenters. The standard InChI is InChI=1S/C18H16N4O/c1-13(14-8-4-2-5-9-14)21-12-16-19-17(20-22(16)18(21)23)15-10-6-3-7-11-15/h2-11,13H,12H2,1H3. The molecule has 1 aliphatic heterocycles. The Labute approximate surface area is 134 Å². The van der Waals surface area contributed by atoms with E-state index in [1.807, 2.05) is 67.6 Å². The molecule has 0 bridgehead atoms. The summed E-state index contributed by atoms with van der Waals surface area (Å²) < 4.78 is 1.42. The first-order chi connectivity index (χ1) is 11.2. The van der Waals surface area contributed by atoms with Crippen LogP contribution in [0.2, 0.25) is 0 Å². The molecule has 0 radical (unpaired) electrons. The van der Waals surface area contributed by atoms with Crippen LogP contribution in [0, 0.1) is 0 Å². The second kappa shape index (κ2) is 5.35. The molecule has 1 atom stereocenters. The lowest BCUT2D eigenvalue weighted by Gasteiger charge is -2.23. The second-order valence-corrected chi connectivity index (χ2v) is 5.63. The molecule has 2 heterocycles. The molecule has 0 fully saturated rings. The molecule has 0 saturated carbocycles. The van der Waals surface area contributed by atoms with Crippen LogP contribution in [0.1, 0.15) is 24.4 Å². The number of hydrogen-bond donors (Lipinski definition) is 0. The smallest absolute Gasteiger partial charge is 0.308 e. The first-order valence-electron chi connectivity index (χ1n) is 7.61. The van der Waals surface area contributed by atoms with Crippen molar-refractivity contribution in [3.8, 4) is 11.4 Å². The van der Waals surface area contributed by atoms with Gasteiger partial charge in [0, 0.05) is 5.56 Å². The van der Waals surface area contributed by atoms with Crippen molar-refractivity contribution in [2.75, 3.05) is 0 Å². The van der Waals surface area contributed by atoms with Crippen LogP contribution in [0.15, 0.2) is 60.7 Å². The fourth-order valence-electron chi connectivity index (χ4n) is 2.87. The van der Waals surface area contributed by atoms with Crippen LogP contribution >= 0.6 is 0 Å². The van der Waals surface area contributed by atoms with E-state index in [-0.39, 0.29) is 12.1 Å². The zero-order valence-corrected chi connectivity index (χ0v) is 12.8. The molecule has 0 spiro atoms. The third kappa shape index (κ3) is 2.30. The lowest BCUT2D eigenvalue weighted by Crippen LogP contribution is -2.29. The number of hydrogen-bond acceptors (Lipinski definition) is 3. The van der Waals surface area contributed by atoms with Gasteiger partial charge in [-0.15, -0.1) is 5.10 Å². The van der Waals surface area contributed by atoms with Gasteiger partial charge >= 0.3 is 6.03 Å². The van der Waals surface area contributed by atoms with Crippen molar-refractivity contribution in [1.29, 1.82) is 0 Å². The minimum absolute atomic E-state index is 0.00706. The van der Waals surface area contributed by atoms with Crippen molar-refractivity contribution in [3.63, 3.8) is 0 Å². The Hall–Kier alpha value is -2.95. The number of rotatable bonds is 3. The molecule has 114 valence electrons. The first kappa shape index (κ1) is 13.7. The van der Waals surface area contributed by atoms with E-state index in [0.29, 0.717) is 18.2 Å². The SMILES string of the molecule is CC(c1ccccc1)N1Cc2nc(-c3ccccc3)nn2C1=O. The number of benzene rings is 2. The summed E-state index contributed by atoms with van der Waals surface area (Å²) in [5.41, 5.74) is 2.03. The molecule has 0 aliphatic carbocycles. The molecule has 5 heteroatoms. The molecule has 5 nitrogen and oxygen atoms in total. The van der Waals surface area contributed by atoms with Gasteiger partial charge in [0.15, 0.2) is 11.6 Å². The lowest BCUT2D eigenvalue weighted by molar-refractivity contribution is 0.189. The van der Waals surface area contributed by atoms with Gasteiger partial charge in [0.1, 0.15) is 0 Å². The van der Waals surface area contributed by atoms with E-state index in [4.69, 9.17) is 0 Å². The van der Waals surface area contributed by atoms with Gasteiger partial charge in [-0.05, 0) is 12.5 Å². The maximum Gasteiger partial charge on any atom is 0.347 e. The van der Waals surface area contributed by atoms with Crippen molar-refractivity contribution in [2.45, 2.75) is 19.5 Å². The summed E-state index contributed by atoms with van der Waals surface area (Å²) in [7, 11) is 0. The average molecular weight is 304 g/mol. The van der Waals surface area contributed by atoms with E-state index < -0.39 is 0 Å².